The van der Waals surface area contributed by atoms with E-state index in [0.717, 1.165) is 36.6 Å². The molecule has 0 saturated carbocycles. The van der Waals surface area contributed by atoms with Gasteiger partial charge in [-0.15, -0.1) is 5.10 Å². The number of rotatable bonds is 5. The van der Waals surface area contributed by atoms with Crippen LogP contribution in [0.2, 0.25) is 0 Å². The second kappa shape index (κ2) is 7.36. The molecule has 9 heteroatoms. The highest BCUT2D eigenvalue weighted by Gasteiger charge is 2.20. The number of carbonyl (C=O) groups is 1. The molecule has 1 N–H and O–H groups in total. The van der Waals surface area contributed by atoms with Crippen LogP contribution in [-0.4, -0.2) is 40.7 Å². The van der Waals surface area contributed by atoms with Gasteiger partial charge in [-0.3, -0.25) is 9.59 Å². The summed E-state index contributed by atoms with van der Waals surface area (Å²) in [6.07, 6.45) is 3.57. The van der Waals surface area contributed by atoms with Crippen molar-refractivity contribution in [2.45, 2.75) is 19.4 Å². The van der Waals surface area contributed by atoms with Crippen LogP contribution >= 0.6 is 11.3 Å². The van der Waals surface area contributed by atoms with Gasteiger partial charge in [0.1, 0.15) is 11.3 Å². The number of fused-ring (bicyclic) bond motifs is 1. The normalized spacial score (nSPS) is 13.9. The van der Waals surface area contributed by atoms with Crippen molar-refractivity contribution in [2.75, 3.05) is 25.1 Å². The molecule has 0 unspecified atom stereocenters. The summed E-state index contributed by atoms with van der Waals surface area (Å²) in [6, 6.07) is 7.38. The van der Waals surface area contributed by atoms with Gasteiger partial charge in [0.2, 0.25) is 10.1 Å². The van der Waals surface area contributed by atoms with Crippen molar-refractivity contribution in [3.63, 3.8) is 0 Å². The van der Waals surface area contributed by atoms with E-state index in [4.69, 9.17) is 4.74 Å². The SMILES string of the molecule is COc1cccc(CNC(=O)c2cnc3sc(N4CCCC4)nn3c2=O)c1. The van der Waals surface area contributed by atoms with E-state index in [1.165, 1.54) is 22.0 Å². The van der Waals surface area contributed by atoms with Crippen molar-refractivity contribution in [1.82, 2.24) is 19.9 Å². The Morgan fingerprint density at radius 1 is 1.33 bits per heavy atom. The molecule has 8 nitrogen and oxygen atoms in total. The fourth-order valence-corrected chi connectivity index (χ4v) is 3.94. The maximum atomic E-state index is 12.7. The highest BCUT2D eigenvalue weighted by molar-refractivity contribution is 7.20. The third-order valence-electron chi connectivity index (χ3n) is 4.48. The molecule has 1 aromatic carbocycles. The highest BCUT2D eigenvalue weighted by atomic mass is 32.1. The third kappa shape index (κ3) is 3.50. The van der Waals surface area contributed by atoms with Crippen LogP contribution in [0, 0.1) is 0 Å². The second-order valence-corrected chi connectivity index (χ2v) is 7.22. The Labute approximate surface area is 159 Å². The molecule has 0 aliphatic carbocycles. The van der Waals surface area contributed by atoms with Crippen LogP contribution in [0.3, 0.4) is 0 Å². The summed E-state index contributed by atoms with van der Waals surface area (Å²) in [7, 11) is 1.59. The number of benzene rings is 1. The predicted molar refractivity (Wildman–Crippen MR) is 103 cm³/mol. The van der Waals surface area contributed by atoms with E-state index in [-0.39, 0.29) is 12.1 Å². The lowest BCUT2D eigenvalue weighted by Gasteiger charge is -2.10. The lowest BCUT2D eigenvalue weighted by molar-refractivity contribution is 0.0948. The smallest absolute Gasteiger partial charge is 0.288 e. The zero-order valence-corrected chi connectivity index (χ0v) is 15.7. The molecule has 3 aromatic rings. The van der Waals surface area contributed by atoms with Gasteiger partial charge in [0.25, 0.3) is 11.5 Å². The number of amides is 1. The van der Waals surface area contributed by atoms with E-state index in [1.54, 1.807) is 7.11 Å². The summed E-state index contributed by atoms with van der Waals surface area (Å²) in [5, 5.41) is 7.89. The van der Waals surface area contributed by atoms with Gasteiger partial charge in [0.15, 0.2) is 0 Å². The first-order chi connectivity index (χ1) is 13.2. The molecule has 4 rings (SSSR count). The topological polar surface area (TPSA) is 88.8 Å². The Bertz CT molecular complexity index is 1040. The van der Waals surface area contributed by atoms with Gasteiger partial charge in [-0.2, -0.15) is 4.52 Å². The van der Waals surface area contributed by atoms with Crippen LogP contribution in [0.5, 0.6) is 5.75 Å². The standard InChI is InChI=1S/C18H19N5O3S/c1-26-13-6-4-5-12(9-13)10-19-15(24)14-11-20-17-23(16(14)25)21-18(27-17)22-7-2-3-8-22/h4-6,9,11H,2-3,7-8,10H2,1H3,(H,19,24). The van der Waals surface area contributed by atoms with Crippen LogP contribution in [0.15, 0.2) is 35.3 Å². The zero-order chi connectivity index (χ0) is 18.8. The minimum absolute atomic E-state index is 0.0198. The maximum Gasteiger partial charge on any atom is 0.288 e. The molecule has 3 heterocycles. The minimum Gasteiger partial charge on any atom is -0.497 e. The molecule has 140 valence electrons. The third-order valence-corrected chi connectivity index (χ3v) is 5.47. The largest absolute Gasteiger partial charge is 0.497 e. The van der Waals surface area contributed by atoms with Crippen molar-refractivity contribution in [1.29, 1.82) is 0 Å². The monoisotopic (exact) mass is 385 g/mol. The average Bonchev–Trinajstić information content (AvgIpc) is 3.36. The van der Waals surface area contributed by atoms with Gasteiger partial charge in [0.05, 0.1) is 7.11 Å². The number of aromatic nitrogens is 3. The lowest BCUT2D eigenvalue weighted by atomic mass is 10.2. The predicted octanol–water partition coefficient (Wildman–Crippen LogP) is 1.69. The van der Waals surface area contributed by atoms with E-state index in [2.05, 4.69) is 20.3 Å². The highest BCUT2D eigenvalue weighted by Crippen LogP contribution is 2.24. The summed E-state index contributed by atoms with van der Waals surface area (Å²) >= 11 is 1.36. The van der Waals surface area contributed by atoms with Crippen molar-refractivity contribution in [3.8, 4) is 5.75 Å². The molecule has 1 saturated heterocycles. The van der Waals surface area contributed by atoms with E-state index in [1.807, 2.05) is 24.3 Å². The number of methoxy groups -OCH3 is 1. The van der Waals surface area contributed by atoms with Gasteiger partial charge in [-0.25, -0.2) is 4.98 Å². The van der Waals surface area contributed by atoms with Gasteiger partial charge in [-0.1, -0.05) is 23.5 Å². The molecular weight excluding hydrogens is 366 g/mol. The first-order valence-corrected chi connectivity index (χ1v) is 9.52. The van der Waals surface area contributed by atoms with Crippen LogP contribution in [-0.2, 0) is 6.54 Å². The first-order valence-electron chi connectivity index (χ1n) is 8.70. The van der Waals surface area contributed by atoms with Crippen LogP contribution < -0.4 is 20.5 Å². The van der Waals surface area contributed by atoms with Crippen molar-refractivity contribution in [2.24, 2.45) is 0 Å². The van der Waals surface area contributed by atoms with Crippen molar-refractivity contribution < 1.29 is 9.53 Å². The molecule has 0 radical (unpaired) electrons. The lowest BCUT2D eigenvalue weighted by Crippen LogP contribution is -2.31. The van der Waals surface area contributed by atoms with Gasteiger partial charge >= 0.3 is 0 Å². The van der Waals surface area contributed by atoms with E-state index in [0.29, 0.717) is 10.7 Å². The number of anilines is 1. The quantitative estimate of drug-likeness (QED) is 0.719. The molecule has 2 aromatic heterocycles. The molecule has 1 aliphatic rings. The van der Waals surface area contributed by atoms with E-state index in [9.17, 15) is 9.59 Å². The maximum absolute atomic E-state index is 12.7. The molecule has 1 amide bonds. The minimum atomic E-state index is -0.472. The fraction of sp³-hybridized carbons (Fsp3) is 0.333. The Balaban J connectivity index is 1.54. The first kappa shape index (κ1) is 17.5. The Kier molecular flexibility index (Phi) is 4.76. The summed E-state index contributed by atoms with van der Waals surface area (Å²) < 4.78 is 6.39. The van der Waals surface area contributed by atoms with Gasteiger partial charge in [-0.05, 0) is 30.5 Å². The molecule has 0 bridgehead atoms. The van der Waals surface area contributed by atoms with Crippen molar-refractivity contribution in [3.05, 3.63) is 51.9 Å². The summed E-state index contributed by atoms with van der Waals surface area (Å²) in [5.74, 6) is 0.238. The second-order valence-electron chi connectivity index (χ2n) is 6.28. The Morgan fingerprint density at radius 3 is 2.93 bits per heavy atom. The van der Waals surface area contributed by atoms with Gasteiger partial charge in [0, 0.05) is 25.8 Å². The zero-order valence-electron chi connectivity index (χ0n) is 14.8. The summed E-state index contributed by atoms with van der Waals surface area (Å²) in [4.78, 5) is 32.0. The fourth-order valence-electron chi connectivity index (χ4n) is 3.03. The number of carbonyl (C=O) groups excluding carboxylic acids is 1. The Morgan fingerprint density at radius 2 is 2.15 bits per heavy atom. The number of ether oxygens (including phenoxy) is 1. The van der Waals surface area contributed by atoms with E-state index >= 15 is 0 Å². The number of hydrogen-bond acceptors (Lipinski definition) is 7. The number of nitrogens with zero attached hydrogens (tertiary/aromatic N) is 4. The van der Waals surface area contributed by atoms with E-state index < -0.39 is 11.5 Å². The summed E-state index contributed by atoms with van der Waals surface area (Å²) in [5.41, 5.74) is 0.403. The molecule has 0 spiro atoms. The average molecular weight is 385 g/mol. The van der Waals surface area contributed by atoms with Gasteiger partial charge < -0.3 is 15.0 Å². The van der Waals surface area contributed by atoms with Crippen molar-refractivity contribution >= 4 is 27.3 Å². The molecule has 1 fully saturated rings. The number of hydrogen-bond donors (Lipinski definition) is 1. The molecule has 1 aliphatic heterocycles. The number of nitrogens with one attached hydrogen (secondary N) is 1. The molecule has 0 atom stereocenters. The summed E-state index contributed by atoms with van der Waals surface area (Å²) in [6.45, 7) is 2.15. The molecule has 27 heavy (non-hydrogen) atoms. The Hall–Kier alpha value is -2.94. The molecular formula is C18H19N5O3S. The van der Waals surface area contributed by atoms with Crippen LogP contribution in [0.4, 0.5) is 5.13 Å². The van der Waals surface area contributed by atoms with Crippen LogP contribution in [0.1, 0.15) is 28.8 Å². The van der Waals surface area contributed by atoms with Crippen LogP contribution in [0.25, 0.3) is 4.96 Å².